The highest BCUT2D eigenvalue weighted by molar-refractivity contribution is 5.54. The van der Waals surface area contributed by atoms with E-state index in [0.29, 0.717) is 11.6 Å². The first-order valence-corrected chi connectivity index (χ1v) is 7.66. The smallest absolute Gasteiger partial charge is 0.239 e. The van der Waals surface area contributed by atoms with Crippen molar-refractivity contribution in [3.05, 3.63) is 12.1 Å². The highest BCUT2D eigenvalue weighted by atomic mass is 16.5. The summed E-state index contributed by atoms with van der Waals surface area (Å²) in [5, 5.41) is 0. The van der Waals surface area contributed by atoms with Gasteiger partial charge in [0, 0.05) is 19.1 Å². The molecule has 0 aliphatic heterocycles. The standard InChI is InChI=1S/C16H28N4O/c1-12(2)21-15-13(17)7-8-14(18-15)20(5)11-16(19(3)4)9-6-10-16/h7-8,12H,6,9-11,17H2,1-5H3. The number of aromatic nitrogens is 1. The zero-order chi connectivity index (χ0) is 15.6. The predicted octanol–water partition coefficient (Wildman–Crippen LogP) is 2.37. The van der Waals surface area contributed by atoms with Gasteiger partial charge < -0.3 is 20.3 Å². The monoisotopic (exact) mass is 292 g/mol. The van der Waals surface area contributed by atoms with Crippen molar-refractivity contribution in [1.29, 1.82) is 0 Å². The van der Waals surface area contributed by atoms with Crippen LogP contribution in [0.2, 0.25) is 0 Å². The summed E-state index contributed by atoms with van der Waals surface area (Å²) in [6, 6.07) is 3.84. The second kappa shape index (κ2) is 6.10. The molecule has 0 unspecified atom stereocenters. The number of nitrogens with zero attached hydrogens (tertiary/aromatic N) is 3. The molecule has 1 heterocycles. The maximum atomic E-state index is 5.94. The summed E-state index contributed by atoms with van der Waals surface area (Å²) in [5.74, 6) is 1.44. The molecule has 0 bridgehead atoms. The summed E-state index contributed by atoms with van der Waals surface area (Å²) in [7, 11) is 6.41. The number of pyridine rings is 1. The molecule has 0 radical (unpaired) electrons. The first kappa shape index (κ1) is 15.9. The van der Waals surface area contributed by atoms with Gasteiger partial charge in [0.15, 0.2) is 0 Å². The largest absolute Gasteiger partial charge is 0.473 e. The van der Waals surface area contributed by atoms with Crippen molar-refractivity contribution in [2.75, 3.05) is 38.3 Å². The molecule has 1 fully saturated rings. The Kier molecular flexibility index (Phi) is 4.61. The third kappa shape index (κ3) is 3.40. The molecular formula is C16H28N4O. The summed E-state index contributed by atoms with van der Waals surface area (Å²) in [6.07, 6.45) is 3.87. The second-order valence-corrected chi connectivity index (χ2v) is 6.56. The molecule has 2 rings (SSSR count). The van der Waals surface area contributed by atoms with Crippen molar-refractivity contribution in [3.8, 4) is 5.88 Å². The molecule has 1 aliphatic carbocycles. The zero-order valence-electron chi connectivity index (χ0n) is 13.9. The number of nitrogen functional groups attached to an aromatic ring is 1. The maximum absolute atomic E-state index is 5.94. The Balaban J connectivity index is 2.13. The molecule has 118 valence electrons. The fourth-order valence-corrected chi connectivity index (χ4v) is 2.83. The van der Waals surface area contributed by atoms with Crippen LogP contribution in [-0.4, -0.2) is 49.2 Å². The Labute approximate surface area is 128 Å². The lowest BCUT2D eigenvalue weighted by Gasteiger charge is -2.49. The fraction of sp³-hybridized carbons (Fsp3) is 0.688. The Morgan fingerprint density at radius 2 is 1.95 bits per heavy atom. The van der Waals surface area contributed by atoms with Crippen LogP contribution in [0.15, 0.2) is 12.1 Å². The van der Waals surface area contributed by atoms with Gasteiger partial charge in [-0.1, -0.05) is 0 Å². The number of ether oxygens (including phenoxy) is 1. The van der Waals surface area contributed by atoms with Gasteiger partial charge in [0.2, 0.25) is 5.88 Å². The van der Waals surface area contributed by atoms with Crippen molar-refractivity contribution < 1.29 is 4.74 Å². The van der Waals surface area contributed by atoms with Gasteiger partial charge in [0.25, 0.3) is 0 Å². The molecule has 1 aromatic heterocycles. The predicted molar refractivity (Wildman–Crippen MR) is 88.0 cm³/mol. The van der Waals surface area contributed by atoms with Crippen LogP contribution in [-0.2, 0) is 0 Å². The van der Waals surface area contributed by atoms with E-state index in [1.807, 2.05) is 26.0 Å². The van der Waals surface area contributed by atoms with E-state index in [2.05, 4.69) is 35.9 Å². The molecule has 5 nitrogen and oxygen atoms in total. The number of anilines is 2. The van der Waals surface area contributed by atoms with Gasteiger partial charge in [-0.15, -0.1) is 0 Å². The highest BCUT2D eigenvalue weighted by Gasteiger charge is 2.40. The molecule has 2 N–H and O–H groups in total. The van der Waals surface area contributed by atoms with E-state index in [1.165, 1.54) is 19.3 Å². The molecule has 0 atom stereocenters. The van der Waals surface area contributed by atoms with Crippen LogP contribution in [0.1, 0.15) is 33.1 Å². The number of nitrogens with two attached hydrogens (primary N) is 1. The molecule has 1 saturated carbocycles. The van der Waals surface area contributed by atoms with Crippen LogP contribution < -0.4 is 15.4 Å². The topological polar surface area (TPSA) is 54.6 Å². The van der Waals surface area contributed by atoms with E-state index in [4.69, 9.17) is 10.5 Å². The van der Waals surface area contributed by atoms with E-state index >= 15 is 0 Å². The lowest BCUT2D eigenvalue weighted by Crippen LogP contribution is -2.56. The van der Waals surface area contributed by atoms with Crippen molar-refractivity contribution in [1.82, 2.24) is 9.88 Å². The minimum Gasteiger partial charge on any atom is -0.473 e. The highest BCUT2D eigenvalue weighted by Crippen LogP contribution is 2.37. The number of hydrogen-bond acceptors (Lipinski definition) is 5. The average molecular weight is 292 g/mol. The first-order valence-electron chi connectivity index (χ1n) is 7.66. The van der Waals surface area contributed by atoms with Crippen LogP contribution >= 0.6 is 0 Å². The van der Waals surface area contributed by atoms with E-state index in [0.717, 1.165) is 12.4 Å². The van der Waals surface area contributed by atoms with Crippen LogP contribution in [0, 0.1) is 0 Å². The molecule has 1 aromatic rings. The van der Waals surface area contributed by atoms with Crippen LogP contribution in [0.5, 0.6) is 5.88 Å². The van der Waals surface area contributed by atoms with Gasteiger partial charge in [-0.2, -0.15) is 4.98 Å². The third-order valence-corrected chi connectivity index (χ3v) is 4.38. The quantitative estimate of drug-likeness (QED) is 0.872. The molecular weight excluding hydrogens is 264 g/mol. The number of hydrogen-bond donors (Lipinski definition) is 1. The van der Waals surface area contributed by atoms with Crippen LogP contribution in [0.4, 0.5) is 11.5 Å². The summed E-state index contributed by atoms with van der Waals surface area (Å²) >= 11 is 0. The van der Waals surface area contributed by atoms with Gasteiger partial charge in [0.05, 0.1) is 11.8 Å². The molecule has 0 spiro atoms. The molecule has 21 heavy (non-hydrogen) atoms. The minimum atomic E-state index is 0.0695. The molecule has 0 saturated heterocycles. The maximum Gasteiger partial charge on any atom is 0.239 e. The first-order chi connectivity index (χ1) is 9.84. The summed E-state index contributed by atoms with van der Waals surface area (Å²) in [6.45, 7) is 4.93. The van der Waals surface area contributed by atoms with Gasteiger partial charge in [-0.05, 0) is 59.3 Å². The Hall–Kier alpha value is -1.49. The van der Waals surface area contributed by atoms with Crippen molar-refractivity contribution in [3.63, 3.8) is 0 Å². The molecule has 5 heteroatoms. The molecule has 0 amide bonds. The Morgan fingerprint density at radius 3 is 2.43 bits per heavy atom. The fourth-order valence-electron chi connectivity index (χ4n) is 2.83. The van der Waals surface area contributed by atoms with Crippen molar-refractivity contribution in [2.24, 2.45) is 0 Å². The van der Waals surface area contributed by atoms with E-state index in [9.17, 15) is 0 Å². The minimum absolute atomic E-state index is 0.0695. The van der Waals surface area contributed by atoms with Gasteiger partial charge in [-0.3, -0.25) is 0 Å². The summed E-state index contributed by atoms with van der Waals surface area (Å²) in [5.41, 5.74) is 6.80. The second-order valence-electron chi connectivity index (χ2n) is 6.56. The summed E-state index contributed by atoms with van der Waals surface area (Å²) < 4.78 is 5.68. The van der Waals surface area contributed by atoms with E-state index in [-0.39, 0.29) is 11.6 Å². The summed E-state index contributed by atoms with van der Waals surface area (Å²) in [4.78, 5) is 9.12. The Morgan fingerprint density at radius 1 is 1.29 bits per heavy atom. The van der Waals surface area contributed by atoms with Gasteiger partial charge in [0.1, 0.15) is 5.82 Å². The molecule has 0 aromatic carbocycles. The van der Waals surface area contributed by atoms with E-state index in [1.54, 1.807) is 0 Å². The normalized spacial score (nSPS) is 16.9. The average Bonchev–Trinajstić information content (AvgIpc) is 2.35. The Bertz CT molecular complexity index is 483. The third-order valence-electron chi connectivity index (χ3n) is 4.38. The zero-order valence-corrected chi connectivity index (χ0v) is 13.9. The SMILES string of the molecule is CC(C)Oc1nc(N(C)CC2(N(C)C)CCC2)ccc1N. The molecule has 1 aliphatic rings. The van der Waals surface area contributed by atoms with Gasteiger partial charge in [-0.25, -0.2) is 0 Å². The lowest BCUT2D eigenvalue weighted by molar-refractivity contribution is 0.0681. The van der Waals surface area contributed by atoms with Gasteiger partial charge >= 0.3 is 0 Å². The van der Waals surface area contributed by atoms with Crippen LogP contribution in [0.3, 0.4) is 0 Å². The van der Waals surface area contributed by atoms with Crippen molar-refractivity contribution >= 4 is 11.5 Å². The number of rotatable bonds is 6. The van der Waals surface area contributed by atoms with Crippen LogP contribution in [0.25, 0.3) is 0 Å². The number of likely N-dealkylation sites (N-methyl/N-ethyl adjacent to an activating group) is 2. The van der Waals surface area contributed by atoms with Crippen molar-refractivity contribution in [2.45, 2.75) is 44.8 Å². The van der Waals surface area contributed by atoms with E-state index < -0.39 is 0 Å². The lowest BCUT2D eigenvalue weighted by atomic mass is 9.75.